The van der Waals surface area contributed by atoms with Gasteiger partial charge in [-0.2, -0.15) is 5.10 Å². The predicted molar refractivity (Wildman–Crippen MR) is 143 cm³/mol. The lowest BCUT2D eigenvalue weighted by Crippen LogP contribution is -2.48. The predicted octanol–water partition coefficient (Wildman–Crippen LogP) is 4.18. The summed E-state index contributed by atoms with van der Waals surface area (Å²) in [6.45, 7) is 6.89. The number of hydrogen-bond donors (Lipinski definition) is 0. The molecular formula is C30H36N4O3. The number of fused-ring (bicyclic) bond motifs is 2. The van der Waals surface area contributed by atoms with Gasteiger partial charge < -0.3 is 14.5 Å². The van der Waals surface area contributed by atoms with Crippen LogP contribution in [0.15, 0.2) is 42.5 Å². The lowest BCUT2D eigenvalue weighted by molar-refractivity contribution is -0.133. The van der Waals surface area contributed by atoms with E-state index in [0.29, 0.717) is 24.7 Å². The van der Waals surface area contributed by atoms with Crippen molar-refractivity contribution in [3.63, 3.8) is 0 Å². The molecule has 2 aromatic carbocycles. The van der Waals surface area contributed by atoms with E-state index in [1.807, 2.05) is 28.3 Å². The number of benzene rings is 2. The van der Waals surface area contributed by atoms with E-state index in [1.165, 1.54) is 16.3 Å². The van der Waals surface area contributed by atoms with Crippen LogP contribution in [0.1, 0.15) is 66.3 Å². The normalized spacial score (nSPS) is 22.4. The van der Waals surface area contributed by atoms with Crippen LogP contribution in [0, 0.1) is 0 Å². The summed E-state index contributed by atoms with van der Waals surface area (Å²) in [4.78, 5) is 30.6. The summed E-state index contributed by atoms with van der Waals surface area (Å²) in [5.41, 5.74) is 4.01. The third-order valence-corrected chi connectivity index (χ3v) is 8.29. The number of nitrogens with zero attached hydrogens (tertiary/aromatic N) is 4. The van der Waals surface area contributed by atoms with Crippen LogP contribution in [0.2, 0.25) is 0 Å². The van der Waals surface area contributed by atoms with Gasteiger partial charge in [-0.05, 0) is 68.2 Å². The molecule has 2 amide bonds. The van der Waals surface area contributed by atoms with Crippen molar-refractivity contribution >= 4 is 22.6 Å². The zero-order chi connectivity index (χ0) is 25.5. The molecule has 0 spiro atoms. The van der Waals surface area contributed by atoms with Gasteiger partial charge in [-0.1, -0.05) is 42.5 Å². The minimum Gasteiger partial charge on any atom is -0.372 e. The quantitative estimate of drug-likeness (QED) is 0.539. The number of rotatable bonds is 4. The molecule has 1 aromatic heterocycles. The highest BCUT2D eigenvalue weighted by Crippen LogP contribution is 2.31. The first kappa shape index (κ1) is 24.2. The number of carbonyl (C=O) groups excluding carboxylic acids is 2. The van der Waals surface area contributed by atoms with E-state index in [1.54, 1.807) is 0 Å². The van der Waals surface area contributed by atoms with E-state index in [2.05, 4.69) is 42.5 Å². The number of hydrogen-bond acceptors (Lipinski definition) is 4. The standard InChI is InChI=1S/C30H36N4O3/c1-20-17-33(18-21(2)37-20)30(36)29-26-8-5-9-27(26)34(31-29)19-28(35)32-14-12-23(13-15-32)25-11-10-22-6-3-4-7-24(22)16-25/h3-4,6-7,10-11,16,20-21,23H,5,8-9,12-15,17-19H2,1-2H3/t20-,21+. The SMILES string of the molecule is C[C@@H]1CN(C(=O)c2nn(CC(=O)N3CCC(c4ccc5ccccc5c4)CC3)c3c2CCC3)C[C@H](C)O1. The zero-order valence-corrected chi connectivity index (χ0v) is 21.9. The Morgan fingerprint density at radius 1 is 0.946 bits per heavy atom. The molecule has 0 bridgehead atoms. The molecule has 7 heteroatoms. The second-order valence-corrected chi connectivity index (χ2v) is 11.0. The average molecular weight is 501 g/mol. The van der Waals surface area contributed by atoms with E-state index in [-0.39, 0.29) is 30.6 Å². The Balaban J connectivity index is 1.12. The van der Waals surface area contributed by atoms with Gasteiger partial charge in [-0.25, -0.2) is 0 Å². The lowest BCUT2D eigenvalue weighted by atomic mass is 9.88. The summed E-state index contributed by atoms with van der Waals surface area (Å²) in [6.07, 6.45) is 4.72. The molecular weight excluding hydrogens is 464 g/mol. The molecule has 37 heavy (non-hydrogen) atoms. The van der Waals surface area contributed by atoms with Crippen LogP contribution in [-0.4, -0.2) is 69.8 Å². The maximum atomic E-state index is 13.4. The molecule has 2 aliphatic heterocycles. The molecule has 3 heterocycles. The largest absolute Gasteiger partial charge is 0.372 e. The second kappa shape index (κ2) is 9.93. The van der Waals surface area contributed by atoms with Gasteiger partial charge in [-0.15, -0.1) is 0 Å². The summed E-state index contributed by atoms with van der Waals surface area (Å²) in [6, 6.07) is 15.2. The highest BCUT2D eigenvalue weighted by molar-refractivity contribution is 5.94. The van der Waals surface area contributed by atoms with Gasteiger partial charge in [0.05, 0.1) is 12.2 Å². The first-order valence-corrected chi connectivity index (χ1v) is 13.8. The molecule has 2 fully saturated rings. The van der Waals surface area contributed by atoms with E-state index in [9.17, 15) is 9.59 Å². The van der Waals surface area contributed by atoms with Crippen LogP contribution in [0.4, 0.5) is 0 Å². The van der Waals surface area contributed by atoms with Gasteiger partial charge in [0.15, 0.2) is 5.69 Å². The molecule has 1 aliphatic carbocycles. The Hall–Kier alpha value is -3.19. The van der Waals surface area contributed by atoms with Crippen molar-refractivity contribution < 1.29 is 14.3 Å². The fourth-order valence-electron chi connectivity index (χ4n) is 6.46. The van der Waals surface area contributed by atoms with E-state index < -0.39 is 0 Å². The third-order valence-electron chi connectivity index (χ3n) is 8.29. The number of ether oxygens (including phenoxy) is 1. The van der Waals surface area contributed by atoms with Crippen LogP contribution in [0.3, 0.4) is 0 Å². The van der Waals surface area contributed by atoms with Crippen molar-refractivity contribution in [1.29, 1.82) is 0 Å². The van der Waals surface area contributed by atoms with Crippen LogP contribution in [0.5, 0.6) is 0 Å². The smallest absolute Gasteiger partial charge is 0.274 e. The van der Waals surface area contributed by atoms with Gasteiger partial charge in [0, 0.05) is 37.4 Å². The monoisotopic (exact) mass is 500 g/mol. The van der Waals surface area contributed by atoms with Gasteiger partial charge in [-0.3, -0.25) is 14.3 Å². The van der Waals surface area contributed by atoms with Crippen molar-refractivity contribution in [2.75, 3.05) is 26.2 Å². The molecule has 3 aromatic rings. The first-order chi connectivity index (χ1) is 18.0. The van der Waals surface area contributed by atoms with Crippen molar-refractivity contribution in [1.82, 2.24) is 19.6 Å². The summed E-state index contributed by atoms with van der Waals surface area (Å²) in [5.74, 6) is 0.550. The van der Waals surface area contributed by atoms with Crippen LogP contribution < -0.4 is 0 Å². The van der Waals surface area contributed by atoms with Gasteiger partial charge in [0.25, 0.3) is 5.91 Å². The second-order valence-electron chi connectivity index (χ2n) is 11.0. The molecule has 0 N–H and O–H groups in total. The maximum Gasteiger partial charge on any atom is 0.274 e. The fourth-order valence-corrected chi connectivity index (χ4v) is 6.46. The van der Waals surface area contributed by atoms with E-state index in [0.717, 1.165) is 56.5 Å². The van der Waals surface area contributed by atoms with Crippen LogP contribution >= 0.6 is 0 Å². The Morgan fingerprint density at radius 3 is 2.43 bits per heavy atom. The van der Waals surface area contributed by atoms with Gasteiger partial charge in [0.2, 0.25) is 5.91 Å². The third kappa shape index (κ3) is 4.77. The van der Waals surface area contributed by atoms with Crippen molar-refractivity contribution in [2.45, 2.75) is 70.6 Å². The zero-order valence-electron chi connectivity index (χ0n) is 21.9. The fraction of sp³-hybridized carbons (Fsp3) is 0.500. The van der Waals surface area contributed by atoms with E-state index >= 15 is 0 Å². The minimum atomic E-state index is -0.0254. The highest BCUT2D eigenvalue weighted by Gasteiger charge is 2.33. The number of morpholine rings is 1. The number of likely N-dealkylation sites (tertiary alicyclic amines) is 1. The molecule has 7 nitrogen and oxygen atoms in total. The molecule has 6 rings (SSSR count). The Labute approximate surface area is 218 Å². The number of amides is 2. The summed E-state index contributed by atoms with van der Waals surface area (Å²) >= 11 is 0. The van der Waals surface area contributed by atoms with Gasteiger partial charge in [0.1, 0.15) is 6.54 Å². The Kier molecular flexibility index (Phi) is 6.49. The molecule has 3 aliphatic rings. The minimum absolute atomic E-state index is 0.0157. The van der Waals surface area contributed by atoms with Crippen molar-refractivity contribution in [3.05, 3.63) is 65.0 Å². The first-order valence-electron chi connectivity index (χ1n) is 13.8. The summed E-state index contributed by atoms with van der Waals surface area (Å²) in [7, 11) is 0. The molecule has 194 valence electrons. The lowest BCUT2D eigenvalue weighted by Gasteiger charge is -2.35. The van der Waals surface area contributed by atoms with Gasteiger partial charge >= 0.3 is 0 Å². The number of piperidine rings is 1. The number of aromatic nitrogens is 2. The molecule has 0 unspecified atom stereocenters. The Bertz CT molecular complexity index is 1310. The topological polar surface area (TPSA) is 67.7 Å². The van der Waals surface area contributed by atoms with E-state index in [4.69, 9.17) is 9.84 Å². The summed E-state index contributed by atoms with van der Waals surface area (Å²) < 4.78 is 7.63. The maximum absolute atomic E-state index is 13.4. The highest BCUT2D eigenvalue weighted by atomic mass is 16.5. The van der Waals surface area contributed by atoms with Crippen molar-refractivity contribution in [3.8, 4) is 0 Å². The van der Waals surface area contributed by atoms with Crippen molar-refractivity contribution in [2.24, 2.45) is 0 Å². The Morgan fingerprint density at radius 2 is 1.68 bits per heavy atom. The molecule has 0 radical (unpaired) electrons. The number of carbonyl (C=O) groups is 2. The molecule has 2 saturated heterocycles. The molecule has 2 atom stereocenters. The summed E-state index contributed by atoms with van der Waals surface area (Å²) in [5, 5.41) is 7.26. The van der Waals surface area contributed by atoms with Crippen LogP contribution in [0.25, 0.3) is 10.8 Å². The average Bonchev–Trinajstić information content (AvgIpc) is 3.51. The van der Waals surface area contributed by atoms with Crippen LogP contribution in [-0.2, 0) is 28.9 Å². The molecule has 0 saturated carbocycles.